The number of sulfonamides is 1. The predicted molar refractivity (Wildman–Crippen MR) is 136 cm³/mol. The number of piperidine rings is 2. The van der Waals surface area contributed by atoms with Crippen molar-refractivity contribution in [2.24, 2.45) is 11.8 Å². The number of carbonyl (C=O) groups is 2. The minimum Gasteiger partial charge on any atom is -0.340 e. The Morgan fingerprint density at radius 2 is 1.66 bits per heavy atom. The molecule has 2 amide bonds. The van der Waals surface area contributed by atoms with Crippen molar-refractivity contribution in [3.05, 3.63) is 64.1 Å². The Morgan fingerprint density at radius 3 is 2.31 bits per heavy atom. The van der Waals surface area contributed by atoms with Crippen LogP contribution in [-0.2, 0) is 26.2 Å². The fraction of sp³-hybridized carbons (Fsp3) is 0.462. The first kappa shape index (κ1) is 24.5. The molecular weight excluding hydrogens is 530 g/mol. The monoisotopic (exact) mass is 559 g/mol. The van der Waals surface area contributed by atoms with Gasteiger partial charge in [-0.1, -0.05) is 51.8 Å². The van der Waals surface area contributed by atoms with E-state index in [1.807, 2.05) is 48.2 Å². The van der Waals surface area contributed by atoms with Gasteiger partial charge < -0.3 is 9.80 Å². The molecule has 3 atom stereocenters. The molecular formula is C26H30BrN3O4S. The molecule has 3 fully saturated rings. The van der Waals surface area contributed by atoms with Gasteiger partial charge in [0.2, 0.25) is 21.8 Å². The van der Waals surface area contributed by atoms with Crippen molar-refractivity contribution in [1.29, 1.82) is 0 Å². The van der Waals surface area contributed by atoms with E-state index in [9.17, 15) is 18.0 Å². The van der Waals surface area contributed by atoms with Gasteiger partial charge in [0.25, 0.3) is 0 Å². The van der Waals surface area contributed by atoms with Crippen LogP contribution in [0.4, 0.5) is 0 Å². The van der Waals surface area contributed by atoms with Crippen molar-refractivity contribution in [3.8, 4) is 0 Å². The van der Waals surface area contributed by atoms with Crippen molar-refractivity contribution in [3.63, 3.8) is 0 Å². The molecule has 0 N–H and O–H groups in total. The second-order valence-electron chi connectivity index (χ2n) is 10.0. The van der Waals surface area contributed by atoms with Gasteiger partial charge in [-0.3, -0.25) is 9.59 Å². The number of carbonyl (C=O) groups excluding carboxylic acids is 2. The summed E-state index contributed by atoms with van der Waals surface area (Å²) >= 11 is 3.54. The van der Waals surface area contributed by atoms with Crippen LogP contribution in [0.2, 0.25) is 0 Å². The first-order chi connectivity index (χ1) is 16.7. The van der Waals surface area contributed by atoms with Crippen LogP contribution in [0.15, 0.2) is 57.9 Å². The van der Waals surface area contributed by atoms with Crippen LogP contribution in [0.1, 0.15) is 30.4 Å². The second-order valence-corrected chi connectivity index (χ2v) is 12.8. The number of halogens is 1. The Bertz CT molecular complexity index is 1220. The molecule has 3 heterocycles. The third kappa shape index (κ3) is 4.90. The van der Waals surface area contributed by atoms with Gasteiger partial charge in [-0.05, 0) is 55.4 Å². The number of fused-ring (bicyclic) bond motifs is 2. The number of aryl methyl sites for hydroxylation is 1. The zero-order chi connectivity index (χ0) is 24.7. The van der Waals surface area contributed by atoms with Crippen LogP contribution >= 0.6 is 15.9 Å². The number of hydrogen-bond donors (Lipinski definition) is 0. The van der Waals surface area contributed by atoms with Gasteiger partial charge in [0.15, 0.2) is 0 Å². The molecule has 3 saturated heterocycles. The van der Waals surface area contributed by atoms with Gasteiger partial charge in [0.05, 0.1) is 4.90 Å². The lowest BCUT2D eigenvalue weighted by atomic mass is 9.85. The Morgan fingerprint density at radius 1 is 1.00 bits per heavy atom. The molecule has 0 spiro atoms. The van der Waals surface area contributed by atoms with Gasteiger partial charge in [-0.15, -0.1) is 0 Å². The summed E-state index contributed by atoms with van der Waals surface area (Å²) in [5, 5.41) is 0. The number of rotatable bonds is 5. The van der Waals surface area contributed by atoms with Crippen LogP contribution in [0.25, 0.3) is 0 Å². The molecule has 0 aromatic heterocycles. The van der Waals surface area contributed by atoms with E-state index in [-0.39, 0.29) is 23.7 Å². The summed E-state index contributed by atoms with van der Waals surface area (Å²) < 4.78 is 29.0. The van der Waals surface area contributed by atoms with E-state index in [1.54, 1.807) is 21.3 Å². The van der Waals surface area contributed by atoms with Crippen LogP contribution in [-0.4, -0.2) is 66.6 Å². The van der Waals surface area contributed by atoms with E-state index in [2.05, 4.69) is 15.9 Å². The maximum Gasteiger partial charge on any atom is 0.245 e. The minimum atomic E-state index is -3.56. The third-order valence-electron chi connectivity index (χ3n) is 7.43. The first-order valence-corrected chi connectivity index (χ1v) is 14.3. The molecule has 0 radical (unpaired) electrons. The smallest absolute Gasteiger partial charge is 0.245 e. The van der Waals surface area contributed by atoms with Crippen LogP contribution in [0.3, 0.4) is 0 Å². The van der Waals surface area contributed by atoms with E-state index in [1.165, 1.54) is 0 Å². The van der Waals surface area contributed by atoms with Gasteiger partial charge in [0, 0.05) is 43.6 Å². The maximum absolute atomic E-state index is 13.6. The maximum atomic E-state index is 13.6. The second kappa shape index (κ2) is 9.67. The molecule has 2 aromatic rings. The first-order valence-electron chi connectivity index (χ1n) is 12.1. The van der Waals surface area contributed by atoms with E-state index >= 15 is 0 Å². The van der Waals surface area contributed by atoms with Gasteiger partial charge >= 0.3 is 0 Å². The van der Waals surface area contributed by atoms with Crippen LogP contribution in [0, 0.1) is 18.8 Å². The number of hydrogen-bond acceptors (Lipinski definition) is 4. The fourth-order valence-electron chi connectivity index (χ4n) is 5.68. The van der Waals surface area contributed by atoms with Crippen molar-refractivity contribution >= 4 is 37.8 Å². The van der Waals surface area contributed by atoms with Gasteiger partial charge in [-0.2, -0.15) is 4.31 Å². The molecule has 3 aliphatic heterocycles. The Kier molecular flexibility index (Phi) is 6.76. The van der Waals surface area contributed by atoms with Crippen molar-refractivity contribution in [2.45, 2.75) is 43.7 Å². The highest BCUT2D eigenvalue weighted by Gasteiger charge is 2.44. The molecule has 7 nitrogen and oxygen atoms in total. The summed E-state index contributed by atoms with van der Waals surface area (Å²) in [5.74, 6) is 0.195. The van der Waals surface area contributed by atoms with Crippen LogP contribution in [0.5, 0.6) is 0 Å². The summed E-state index contributed by atoms with van der Waals surface area (Å²) in [5.41, 5.74) is 2.00. The quantitative estimate of drug-likeness (QED) is 0.562. The van der Waals surface area contributed by atoms with E-state index in [0.29, 0.717) is 50.5 Å². The Labute approximate surface area is 215 Å². The number of nitrogens with zero attached hydrogens (tertiary/aromatic N) is 3. The highest BCUT2D eigenvalue weighted by atomic mass is 79.9. The molecule has 5 rings (SSSR count). The standard InChI is InChI=1S/C26H30BrN3O4S/c1-18-6-8-22(9-7-18)35(33,34)29-15-19-12-20(16-29)14-28(13-19)26(32)24-10-11-25(31)30(24)17-21-4-2-3-5-23(21)27/h2-9,19-20,24H,10-17H2,1H3/t19?,20?,24-/m0/s1. The average Bonchev–Trinajstić information content (AvgIpc) is 3.19. The Balaban J connectivity index is 1.27. The molecule has 0 saturated carbocycles. The highest BCUT2D eigenvalue weighted by Crippen LogP contribution is 2.34. The van der Waals surface area contributed by atoms with Gasteiger partial charge in [-0.25, -0.2) is 8.42 Å². The molecule has 9 heteroatoms. The van der Waals surface area contributed by atoms with Gasteiger partial charge in [0.1, 0.15) is 6.04 Å². The Hall–Kier alpha value is -2.23. The molecule has 2 unspecified atom stereocenters. The van der Waals surface area contributed by atoms with Crippen LogP contribution < -0.4 is 0 Å². The highest BCUT2D eigenvalue weighted by molar-refractivity contribution is 9.10. The van der Waals surface area contributed by atoms with E-state index in [4.69, 9.17) is 0 Å². The molecule has 3 aliphatic rings. The fourth-order valence-corrected chi connectivity index (χ4v) is 7.68. The molecule has 35 heavy (non-hydrogen) atoms. The number of benzene rings is 2. The lowest BCUT2D eigenvalue weighted by Crippen LogP contribution is -2.57. The van der Waals surface area contributed by atoms with Crippen molar-refractivity contribution < 1.29 is 18.0 Å². The van der Waals surface area contributed by atoms with E-state index < -0.39 is 16.1 Å². The SMILES string of the molecule is Cc1ccc(S(=O)(=O)N2CC3CC(CN(C(=O)[C@@H]4CCC(=O)N4Cc4ccccc4Br)C3)C2)cc1. The lowest BCUT2D eigenvalue weighted by molar-refractivity contribution is -0.144. The summed E-state index contributed by atoms with van der Waals surface area (Å²) in [6.07, 6.45) is 1.83. The zero-order valence-corrected chi connectivity index (χ0v) is 22.2. The minimum absolute atomic E-state index is 0.00618. The summed E-state index contributed by atoms with van der Waals surface area (Å²) in [6, 6.07) is 14.3. The molecule has 0 aliphatic carbocycles. The third-order valence-corrected chi connectivity index (χ3v) is 10.0. The molecule has 2 bridgehead atoms. The van der Waals surface area contributed by atoms with E-state index in [0.717, 1.165) is 22.0 Å². The topological polar surface area (TPSA) is 78.0 Å². The largest absolute Gasteiger partial charge is 0.340 e. The summed E-state index contributed by atoms with van der Waals surface area (Å²) in [4.78, 5) is 30.2. The van der Waals surface area contributed by atoms with Crippen molar-refractivity contribution in [2.75, 3.05) is 26.2 Å². The zero-order valence-electron chi connectivity index (χ0n) is 19.8. The summed E-state index contributed by atoms with van der Waals surface area (Å²) in [7, 11) is -3.56. The molecule has 186 valence electrons. The normalized spacial score (nSPS) is 25.2. The van der Waals surface area contributed by atoms with Crippen molar-refractivity contribution in [1.82, 2.24) is 14.1 Å². The number of likely N-dealkylation sites (tertiary alicyclic amines) is 2. The number of amides is 2. The predicted octanol–water partition coefficient (Wildman–Crippen LogP) is 3.42. The summed E-state index contributed by atoms with van der Waals surface area (Å²) in [6.45, 7) is 4.23. The lowest BCUT2D eigenvalue weighted by Gasteiger charge is -2.46. The average molecular weight is 561 g/mol. The molecule has 2 aromatic carbocycles.